The van der Waals surface area contributed by atoms with Gasteiger partial charge in [0.25, 0.3) is 0 Å². The molecule has 0 aliphatic carbocycles. The molecular weight excluding hydrogens is 216 g/mol. The molecule has 16 heavy (non-hydrogen) atoms. The normalized spacial score (nSPS) is 10.8. The average Bonchev–Trinajstić information content (AvgIpc) is 2.73. The molecule has 2 N–H and O–H groups in total. The maximum Gasteiger partial charge on any atom is 0.0803 e. The van der Waals surface area contributed by atoms with Crippen LogP contribution < -0.4 is 5.73 Å². The molecular formula is C13H10N2S. The Morgan fingerprint density at radius 2 is 1.94 bits per heavy atom. The van der Waals surface area contributed by atoms with Crippen molar-refractivity contribution in [3.8, 4) is 10.6 Å². The summed E-state index contributed by atoms with van der Waals surface area (Å²) < 4.78 is 1.29. The number of nitrogens with two attached hydrogens (primary N) is 1. The summed E-state index contributed by atoms with van der Waals surface area (Å²) in [5.41, 5.74) is 7.30. The minimum Gasteiger partial charge on any atom is -0.397 e. The van der Waals surface area contributed by atoms with E-state index >= 15 is 0 Å². The first-order valence-corrected chi connectivity index (χ1v) is 5.85. The number of thiophene rings is 1. The van der Waals surface area contributed by atoms with Crippen LogP contribution in [-0.2, 0) is 0 Å². The van der Waals surface area contributed by atoms with E-state index in [1.807, 2.05) is 12.1 Å². The predicted molar refractivity (Wildman–Crippen MR) is 69.5 cm³/mol. The van der Waals surface area contributed by atoms with E-state index in [4.69, 9.17) is 5.73 Å². The SMILES string of the molecule is Nc1ccc(-c2cc3ccccc3s2)nc1. The Labute approximate surface area is 97.4 Å². The van der Waals surface area contributed by atoms with Crippen molar-refractivity contribution in [2.24, 2.45) is 0 Å². The van der Waals surface area contributed by atoms with Crippen LogP contribution in [0.2, 0.25) is 0 Å². The van der Waals surface area contributed by atoms with Gasteiger partial charge >= 0.3 is 0 Å². The summed E-state index contributed by atoms with van der Waals surface area (Å²) in [4.78, 5) is 5.51. The summed E-state index contributed by atoms with van der Waals surface area (Å²) in [5.74, 6) is 0. The van der Waals surface area contributed by atoms with Crippen molar-refractivity contribution in [3.63, 3.8) is 0 Å². The van der Waals surface area contributed by atoms with Crippen LogP contribution in [0.15, 0.2) is 48.7 Å². The fraction of sp³-hybridized carbons (Fsp3) is 0. The van der Waals surface area contributed by atoms with E-state index in [-0.39, 0.29) is 0 Å². The number of nitrogen functional groups attached to an aromatic ring is 1. The Balaban J connectivity index is 2.15. The first kappa shape index (κ1) is 9.36. The third-order valence-corrected chi connectivity index (χ3v) is 3.60. The number of rotatable bonds is 1. The summed E-state index contributed by atoms with van der Waals surface area (Å²) in [6, 6.07) is 14.4. The van der Waals surface area contributed by atoms with E-state index in [1.54, 1.807) is 17.5 Å². The molecule has 0 atom stereocenters. The van der Waals surface area contributed by atoms with Gasteiger partial charge in [0.15, 0.2) is 0 Å². The van der Waals surface area contributed by atoms with Crippen LogP contribution in [0, 0.1) is 0 Å². The van der Waals surface area contributed by atoms with Crippen molar-refractivity contribution in [2.75, 3.05) is 5.73 Å². The van der Waals surface area contributed by atoms with E-state index in [9.17, 15) is 0 Å². The molecule has 78 valence electrons. The number of hydrogen-bond acceptors (Lipinski definition) is 3. The molecule has 0 fully saturated rings. The van der Waals surface area contributed by atoms with Gasteiger partial charge in [-0.05, 0) is 29.7 Å². The molecule has 2 aromatic heterocycles. The summed E-state index contributed by atoms with van der Waals surface area (Å²) >= 11 is 1.75. The molecule has 0 bridgehead atoms. The highest BCUT2D eigenvalue weighted by atomic mass is 32.1. The number of nitrogens with zero attached hydrogens (tertiary/aromatic N) is 1. The monoisotopic (exact) mass is 226 g/mol. The number of fused-ring (bicyclic) bond motifs is 1. The van der Waals surface area contributed by atoms with Crippen LogP contribution in [0.3, 0.4) is 0 Å². The van der Waals surface area contributed by atoms with Crippen LogP contribution in [-0.4, -0.2) is 4.98 Å². The van der Waals surface area contributed by atoms with Crippen molar-refractivity contribution < 1.29 is 0 Å². The van der Waals surface area contributed by atoms with Crippen molar-refractivity contribution in [3.05, 3.63) is 48.7 Å². The molecule has 0 radical (unpaired) electrons. The minimum absolute atomic E-state index is 0.699. The molecule has 0 aliphatic rings. The van der Waals surface area contributed by atoms with Crippen LogP contribution in [0.1, 0.15) is 0 Å². The maximum atomic E-state index is 5.62. The molecule has 0 amide bonds. The van der Waals surface area contributed by atoms with Crippen LogP contribution in [0.4, 0.5) is 5.69 Å². The van der Waals surface area contributed by atoms with Crippen molar-refractivity contribution in [1.29, 1.82) is 0 Å². The highest BCUT2D eigenvalue weighted by molar-refractivity contribution is 7.22. The zero-order valence-electron chi connectivity index (χ0n) is 8.55. The fourth-order valence-corrected chi connectivity index (χ4v) is 2.70. The quantitative estimate of drug-likeness (QED) is 0.689. The first-order valence-electron chi connectivity index (χ1n) is 5.03. The van der Waals surface area contributed by atoms with E-state index < -0.39 is 0 Å². The van der Waals surface area contributed by atoms with Gasteiger partial charge in [-0.3, -0.25) is 4.98 Å². The second kappa shape index (κ2) is 3.61. The summed E-state index contributed by atoms with van der Waals surface area (Å²) in [6.07, 6.45) is 1.69. The Hall–Kier alpha value is -1.87. The highest BCUT2D eigenvalue weighted by Gasteiger charge is 2.04. The van der Waals surface area contributed by atoms with E-state index in [1.165, 1.54) is 15.0 Å². The van der Waals surface area contributed by atoms with E-state index in [0.29, 0.717) is 5.69 Å². The zero-order valence-corrected chi connectivity index (χ0v) is 9.37. The van der Waals surface area contributed by atoms with Gasteiger partial charge in [0.2, 0.25) is 0 Å². The smallest absolute Gasteiger partial charge is 0.0803 e. The van der Waals surface area contributed by atoms with E-state index in [2.05, 4.69) is 35.3 Å². The predicted octanol–water partition coefficient (Wildman–Crippen LogP) is 3.55. The Morgan fingerprint density at radius 3 is 2.69 bits per heavy atom. The van der Waals surface area contributed by atoms with Gasteiger partial charge in [-0.25, -0.2) is 0 Å². The third kappa shape index (κ3) is 1.55. The molecule has 3 heteroatoms. The van der Waals surface area contributed by atoms with E-state index in [0.717, 1.165) is 5.69 Å². The summed E-state index contributed by atoms with van der Waals surface area (Å²) in [6.45, 7) is 0. The Bertz CT molecular complexity index is 593. The second-order valence-corrected chi connectivity index (χ2v) is 4.71. The lowest BCUT2D eigenvalue weighted by atomic mass is 10.2. The number of aromatic nitrogens is 1. The van der Waals surface area contributed by atoms with Gasteiger partial charge in [0.1, 0.15) is 0 Å². The molecule has 0 aliphatic heterocycles. The zero-order chi connectivity index (χ0) is 11.0. The van der Waals surface area contributed by atoms with Crippen molar-refractivity contribution >= 4 is 27.1 Å². The van der Waals surface area contributed by atoms with Crippen molar-refractivity contribution in [1.82, 2.24) is 4.98 Å². The summed E-state index contributed by atoms with van der Waals surface area (Å²) in [5, 5.41) is 1.26. The van der Waals surface area contributed by atoms with Gasteiger partial charge in [-0.2, -0.15) is 0 Å². The second-order valence-electron chi connectivity index (χ2n) is 3.63. The molecule has 0 saturated carbocycles. The Morgan fingerprint density at radius 1 is 1.06 bits per heavy atom. The molecule has 0 spiro atoms. The van der Waals surface area contributed by atoms with Gasteiger partial charge in [0, 0.05) is 4.70 Å². The highest BCUT2D eigenvalue weighted by Crippen LogP contribution is 2.32. The number of pyridine rings is 1. The number of anilines is 1. The topological polar surface area (TPSA) is 38.9 Å². The fourth-order valence-electron chi connectivity index (χ4n) is 1.66. The molecule has 3 aromatic rings. The molecule has 1 aromatic carbocycles. The number of hydrogen-bond donors (Lipinski definition) is 1. The molecule has 0 saturated heterocycles. The average molecular weight is 226 g/mol. The van der Waals surface area contributed by atoms with Crippen LogP contribution in [0.25, 0.3) is 20.7 Å². The Kier molecular flexibility index (Phi) is 2.11. The molecule has 3 rings (SSSR count). The minimum atomic E-state index is 0.699. The third-order valence-electron chi connectivity index (χ3n) is 2.46. The standard InChI is InChI=1S/C13H10N2S/c14-10-5-6-11(15-8-10)13-7-9-3-1-2-4-12(9)16-13/h1-8H,14H2. The summed E-state index contributed by atoms with van der Waals surface area (Å²) in [7, 11) is 0. The van der Waals surface area contributed by atoms with Gasteiger partial charge in [-0.15, -0.1) is 11.3 Å². The van der Waals surface area contributed by atoms with Gasteiger partial charge in [0.05, 0.1) is 22.5 Å². The lowest BCUT2D eigenvalue weighted by Gasteiger charge is -1.95. The van der Waals surface area contributed by atoms with Gasteiger partial charge < -0.3 is 5.73 Å². The van der Waals surface area contributed by atoms with Crippen LogP contribution >= 0.6 is 11.3 Å². The number of benzene rings is 1. The van der Waals surface area contributed by atoms with Crippen molar-refractivity contribution in [2.45, 2.75) is 0 Å². The van der Waals surface area contributed by atoms with Gasteiger partial charge in [-0.1, -0.05) is 18.2 Å². The largest absolute Gasteiger partial charge is 0.397 e. The maximum absolute atomic E-state index is 5.62. The van der Waals surface area contributed by atoms with Crippen LogP contribution in [0.5, 0.6) is 0 Å². The molecule has 0 unspecified atom stereocenters. The molecule has 2 nitrogen and oxygen atoms in total. The lowest BCUT2D eigenvalue weighted by molar-refractivity contribution is 1.34. The molecule has 2 heterocycles. The first-order chi connectivity index (χ1) is 7.83. The lowest BCUT2D eigenvalue weighted by Crippen LogP contribution is -1.86.